The molecular formula is C18H20ClFN2. The van der Waals surface area contributed by atoms with Gasteiger partial charge in [0.1, 0.15) is 11.5 Å². The molecule has 0 spiro atoms. The van der Waals surface area contributed by atoms with Crippen molar-refractivity contribution in [3.8, 4) is 0 Å². The van der Waals surface area contributed by atoms with Crippen molar-refractivity contribution in [3.05, 3.63) is 77.8 Å². The van der Waals surface area contributed by atoms with E-state index in [0.29, 0.717) is 22.1 Å². The van der Waals surface area contributed by atoms with Gasteiger partial charge in [0.2, 0.25) is 0 Å². The summed E-state index contributed by atoms with van der Waals surface area (Å²) in [4.78, 5) is 0. The third-order valence-corrected chi connectivity index (χ3v) is 3.34. The lowest BCUT2D eigenvalue weighted by molar-refractivity contribution is 0.624. The Bertz CT molecular complexity index is 672. The Morgan fingerprint density at radius 1 is 1.23 bits per heavy atom. The SMILES string of the molecule is C=CC1=NN(c2ccc(Cl)cc2F)C(C=C)=C(C)C1=C.CC. The van der Waals surface area contributed by atoms with Crippen molar-refractivity contribution in [1.29, 1.82) is 0 Å². The van der Waals surface area contributed by atoms with Crippen LogP contribution in [0.15, 0.2) is 72.0 Å². The van der Waals surface area contributed by atoms with Crippen molar-refractivity contribution in [2.75, 3.05) is 5.01 Å². The molecule has 2 rings (SSSR count). The van der Waals surface area contributed by atoms with E-state index in [9.17, 15) is 4.39 Å². The van der Waals surface area contributed by atoms with E-state index in [-0.39, 0.29) is 0 Å². The number of hydrazone groups is 1. The lowest BCUT2D eigenvalue weighted by Gasteiger charge is -2.28. The lowest BCUT2D eigenvalue weighted by Crippen LogP contribution is -2.25. The van der Waals surface area contributed by atoms with Crippen molar-refractivity contribution < 1.29 is 4.39 Å². The summed E-state index contributed by atoms with van der Waals surface area (Å²) >= 11 is 5.78. The van der Waals surface area contributed by atoms with Crippen LogP contribution in [0.3, 0.4) is 0 Å². The number of anilines is 1. The second-order valence-corrected chi connectivity index (χ2v) is 4.73. The maximum atomic E-state index is 14.1. The third-order valence-electron chi connectivity index (χ3n) is 3.11. The fraction of sp³-hybridized carbons (Fsp3) is 0.167. The standard InChI is InChI=1S/C16H14ClFN2.C2H6/c1-5-14-10(3)11(4)15(6-2)20(19-14)16-8-7-12(17)9-13(16)18;1-2/h5-9H,1-3H2,4H3;1-2H3. The molecule has 1 aromatic rings. The van der Waals surface area contributed by atoms with E-state index in [1.807, 2.05) is 20.8 Å². The van der Waals surface area contributed by atoms with Gasteiger partial charge >= 0.3 is 0 Å². The first-order valence-corrected chi connectivity index (χ1v) is 7.36. The fourth-order valence-corrected chi connectivity index (χ4v) is 2.13. The molecule has 2 nitrogen and oxygen atoms in total. The van der Waals surface area contributed by atoms with Gasteiger partial charge < -0.3 is 0 Å². The normalized spacial score (nSPS) is 14.1. The number of rotatable bonds is 3. The van der Waals surface area contributed by atoms with Crippen molar-refractivity contribution in [1.82, 2.24) is 0 Å². The Kier molecular flexibility index (Phi) is 6.32. The second kappa shape index (κ2) is 7.76. The molecule has 0 saturated heterocycles. The summed E-state index contributed by atoms with van der Waals surface area (Å²) in [7, 11) is 0. The Labute approximate surface area is 136 Å². The summed E-state index contributed by atoms with van der Waals surface area (Å²) < 4.78 is 14.1. The average molecular weight is 319 g/mol. The molecule has 0 radical (unpaired) electrons. The lowest BCUT2D eigenvalue weighted by atomic mass is 10.00. The van der Waals surface area contributed by atoms with E-state index in [4.69, 9.17) is 11.6 Å². The third kappa shape index (κ3) is 3.37. The predicted octanol–water partition coefficient (Wildman–Crippen LogP) is 5.88. The Morgan fingerprint density at radius 3 is 2.36 bits per heavy atom. The van der Waals surface area contributed by atoms with E-state index >= 15 is 0 Å². The Hall–Kier alpha value is -2.13. The highest BCUT2D eigenvalue weighted by Crippen LogP contribution is 2.32. The van der Waals surface area contributed by atoms with Gasteiger partial charge in [-0.25, -0.2) is 9.40 Å². The highest BCUT2D eigenvalue weighted by Gasteiger charge is 2.23. The Morgan fingerprint density at radius 2 is 1.86 bits per heavy atom. The van der Waals surface area contributed by atoms with E-state index in [0.717, 1.165) is 11.1 Å². The topological polar surface area (TPSA) is 15.6 Å². The second-order valence-electron chi connectivity index (χ2n) is 4.29. The summed E-state index contributed by atoms with van der Waals surface area (Å²) in [5, 5.41) is 6.19. The maximum absolute atomic E-state index is 14.1. The van der Waals surface area contributed by atoms with E-state index in [2.05, 4.69) is 24.8 Å². The molecule has 0 N–H and O–H groups in total. The van der Waals surface area contributed by atoms with Crippen LogP contribution in [0, 0.1) is 5.82 Å². The van der Waals surface area contributed by atoms with Crippen LogP contribution in [-0.4, -0.2) is 5.71 Å². The zero-order chi connectivity index (χ0) is 16.9. The first-order valence-electron chi connectivity index (χ1n) is 6.98. The molecule has 1 aromatic carbocycles. The minimum atomic E-state index is -0.454. The molecule has 1 aliphatic rings. The van der Waals surface area contributed by atoms with Crippen LogP contribution in [0.4, 0.5) is 10.1 Å². The highest BCUT2D eigenvalue weighted by atomic mass is 35.5. The van der Waals surface area contributed by atoms with Crippen molar-refractivity contribution in [3.63, 3.8) is 0 Å². The zero-order valence-electron chi connectivity index (χ0n) is 13.2. The summed E-state index contributed by atoms with van der Waals surface area (Å²) in [6.07, 6.45) is 3.21. The smallest absolute Gasteiger partial charge is 0.150 e. The summed E-state index contributed by atoms with van der Waals surface area (Å²) in [6, 6.07) is 4.44. The molecule has 1 heterocycles. The Balaban J connectivity index is 0.00000116. The molecule has 0 unspecified atom stereocenters. The zero-order valence-corrected chi connectivity index (χ0v) is 13.9. The van der Waals surface area contributed by atoms with Crippen LogP contribution in [0.25, 0.3) is 0 Å². The summed E-state index contributed by atoms with van der Waals surface area (Å²) in [5.74, 6) is -0.454. The first-order chi connectivity index (χ1) is 10.5. The van der Waals surface area contributed by atoms with Gasteiger partial charge in [0, 0.05) is 5.02 Å². The van der Waals surface area contributed by atoms with Crippen LogP contribution in [0.2, 0.25) is 5.02 Å². The molecule has 0 fully saturated rings. The van der Waals surface area contributed by atoms with Gasteiger partial charge in [-0.2, -0.15) is 5.10 Å². The minimum absolute atomic E-state index is 0.301. The highest BCUT2D eigenvalue weighted by molar-refractivity contribution is 6.30. The van der Waals surface area contributed by atoms with Gasteiger partial charge in [0.05, 0.1) is 11.4 Å². The molecule has 4 heteroatoms. The molecule has 0 aliphatic carbocycles. The number of hydrogen-bond donors (Lipinski definition) is 0. The van der Waals surface area contributed by atoms with E-state index in [1.54, 1.807) is 24.3 Å². The predicted molar refractivity (Wildman–Crippen MR) is 94.9 cm³/mol. The molecule has 1 aliphatic heterocycles. The molecule has 0 atom stereocenters. The molecule has 0 amide bonds. The van der Waals surface area contributed by atoms with Gasteiger partial charge in [-0.3, -0.25) is 0 Å². The van der Waals surface area contributed by atoms with Crippen molar-refractivity contribution >= 4 is 23.0 Å². The summed E-state index contributed by atoms with van der Waals surface area (Å²) in [6.45, 7) is 17.3. The fourth-order valence-electron chi connectivity index (χ4n) is 1.97. The number of benzene rings is 1. The monoisotopic (exact) mass is 318 g/mol. The molecule has 0 aromatic heterocycles. The average Bonchev–Trinajstić information content (AvgIpc) is 2.52. The molecular weight excluding hydrogens is 299 g/mol. The van der Waals surface area contributed by atoms with Gasteiger partial charge in [0.25, 0.3) is 0 Å². The maximum Gasteiger partial charge on any atom is 0.150 e. The summed E-state index contributed by atoms with van der Waals surface area (Å²) in [5.41, 5.74) is 3.21. The number of hydrogen-bond acceptors (Lipinski definition) is 2. The van der Waals surface area contributed by atoms with Crippen molar-refractivity contribution in [2.24, 2.45) is 5.10 Å². The largest absolute Gasteiger partial charge is 0.230 e. The van der Waals surface area contributed by atoms with E-state index < -0.39 is 5.82 Å². The molecule has 22 heavy (non-hydrogen) atoms. The quantitative estimate of drug-likeness (QED) is 0.679. The van der Waals surface area contributed by atoms with Gasteiger partial charge in [-0.05, 0) is 48.4 Å². The number of nitrogens with zero attached hydrogens (tertiary/aromatic N) is 2. The van der Waals surface area contributed by atoms with Crippen molar-refractivity contribution in [2.45, 2.75) is 20.8 Å². The first kappa shape index (κ1) is 17.9. The number of halogens is 2. The van der Waals surface area contributed by atoms with Crippen LogP contribution in [0.5, 0.6) is 0 Å². The molecule has 116 valence electrons. The number of allylic oxidation sites excluding steroid dienone is 4. The van der Waals surface area contributed by atoms with Gasteiger partial charge in [-0.15, -0.1) is 0 Å². The van der Waals surface area contributed by atoms with Crippen LogP contribution in [-0.2, 0) is 0 Å². The van der Waals surface area contributed by atoms with Gasteiger partial charge in [0.15, 0.2) is 0 Å². The van der Waals surface area contributed by atoms with Crippen LogP contribution < -0.4 is 5.01 Å². The molecule has 0 saturated carbocycles. The minimum Gasteiger partial charge on any atom is -0.230 e. The van der Waals surface area contributed by atoms with E-state index in [1.165, 1.54) is 11.1 Å². The van der Waals surface area contributed by atoms with Gasteiger partial charge in [-0.1, -0.05) is 45.2 Å². The van der Waals surface area contributed by atoms with Crippen LogP contribution >= 0.6 is 11.6 Å². The van der Waals surface area contributed by atoms with Crippen LogP contribution in [0.1, 0.15) is 20.8 Å². The molecule has 0 bridgehead atoms.